The van der Waals surface area contributed by atoms with Crippen LogP contribution in [-0.4, -0.2) is 61.1 Å². The van der Waals surface area contributed by atoms with Gasteiger partial charge in [-0.15, -0.1) is 0 Å². The van der Waals surface area contributed by atoms with Crippen molar-refractivity contribution in [2.24, 2.45) is 5.41 Å². The lowest BCUT2D eigenvalue weighted by Crippen LogP contribution is -2.60. The number of anilines is 3. The third-order valence-corrected chi connectivity index (χ3v) is 7.47. The van der Waals surface area contributed by atoms with Gasteiger partial charge < -0.3 is 20.1 Å². The zero-order chi connectivity index (χ0) is 23.7. The number of nitrogens with one attached hydrogen (secondary N) is 2. The number of likely N-dealkylation sites (tertiary alicyclic amines) is 1. The highest BCUT2D eigenvalue weighted by atomic mass is 19.1. The van der Waals surface area contributed by atoms with E-state index >= 15 is 0 Å². The van der Waals surface area contributed by atoms with Gasteiger partial charge in [0.15, 0.2) is 0 Å². The first-order valence-corrected chi connectivity index (χ1v) is 12.0. The Labute approximate surface area is 197 Å². The Morgan fingerprint density at radius 3 is 2.71 bits per heavy atom. The molecule has 6 rings (SSSR count). The fourth-order valence-corrected chi connectivity index (χ4v) is 5.56. The molecule has 4 heterocycles. The highest BCUT2D eigenvalue weighted by Crippen LogP contribution is 2.53. The molecule has 3 fully saturated rings. The van der Waals surface area contributed by atoms with Gasteiger partial charge in [-0.2, -0.15) is 10.1 Å². The van der Waals surface area contributed by atoms with E-state index in [1.165, 1.54) is 37.4 Å². The van der Waals surface area contributed by atoms with E-state index in [2.05, 4.69) is 44.6 Å². The van der Waals surface area contributed by atoms with Crippen molar-refractivity contribution in [3.05, 3.63) is 35.0 Å². The summed E-state index contributed by atoms with van der Waals surface area (Å²) in [6, 6.07) is 2.18. The number of hydrogen-bond donors (Lipinski definition) is 2. The van der Waals surface area contributed by atoms with Crippen LogP contribution >= 0.6 is 0 Å². The normalized spacial score (nSPS) is 21.8. The number of aromatic nitrogens is 5. The van der Waals surface area contributed by atoms with E-state index in [9.17, 15) is 9.18 Å². The van der Waals surface area contributed by atoms with Gasteiger partial charge in [0.1, 0.15) is 17.4 Å². The zero-order valence-electron chi connectivity index (χ0n) is 19.9. The Morgan fingerprint density at radius 1 is 1.26 bits per heavy atom. The summed E-state index contributed by atoms with van der Waals surface area (Å²) in [6.07, 6.45) is 8.63. The Hall–Kier alpha value is -3.01. The van der Waals surface area contributed by atoms with Gasteiger partial charge in [-0.05, 0) is 58.1 Å². The van der Waals surface area contributed by atoms with Crippen molar-refractivity contribution < 1.29 is 4.39 Å². The predicted molar refractivity (Wildman–Crippen MR) is 129 cm³/mol. The molecular weight excluding hydrogens is 435 g/mol. The standard InChI is InChI=1S/C24H31FN8O/c1-15(25)11-32-7-4-18-19(21(32)34)20(30-23(2)5-6-23)29-22(28-18)27-16-10-26-33(12-16)17-8-24(9-17)13-31(3)14-24/h4,7,10,12,15,17H,5-6,8-9,11,13-14H2,1-3H3,(H2,27,28,29,30)/t15-/m0/s1. The second kappa shape index (κ2) is 7.49. The number of hydrogen-bond acceptors (Lipinski definition) is 7. The Kier molecular flexibility index (Phi) is 4.74. The van der Waals surface area contributed by atoms with Crippen molar-refractivity contribution in [2.75, 3.05) is 30.8 Å². The van der Waals surface area contributed by atoms with Crippen molar-refractivity contribution in [1.82, 2.24) is 29.2 Å². The summed E-state index contributed by atoms with van der Waals surface area (Å²) in [5, 5.41) is 11.6. The molecule has 3 aromatic heterocycles. The maximum atomic E-state index is 13.6. The maximum Gasteiger partial charge on any atom is 0.263 e. The van der Waals surface area contributed by atoms with Crippen LogP contribution in [0.3, 0.4) is 0 Å². The summed E-state index contributed by atoms with van der Waals surface area (Å²) >= 11 is 0. The van der Waals surface area contributed by atoms with Crippen molar-refractivity contribution in [1.29, 1.82) is 0 Å². The molecule has 1 saturated heterocycles. The van der Waals surface area contributed by atoms with Gasteiger partial charge in [-0.3, -0.25) is 9.48 Å². The molecule has 2 saturated carbocycles. The minimum absolute atomic E-state index is 0.00338. The number of alkyl halides is 1. The van der Waals surface area contributed by atoms with E-state index in [4.69, 9.17) is 0 Å². The molecule has 0 unspecified atom stereocenters. The Bertz CT molecular complexity index is 1300. The summed E-state index contributed by atoms with van der Waals surface area (Å²) in [6.45, 7) is 5.92. The molecule has 2 aliphatic carbocycles. The molecular formula is C24H31FN8O. The highest BCUT2D eigenvalue weighted by molar-refractivity contribution is 5.90. The van der Waals surface area contributed by atoms with Gasteiger partial charge in [-0.1, -0.05) is 0 Å². The topological polar surface area (TPSA) is 92.9 Å². The molecule has 1 spiro atoms. The molecule has 1 aliphatic heterocycles. The van der Waals surface area contributed by atoms with Gasteiger partial charge in [0, 0.05) is 31.0 Å². The molecule has 3 aromatic rings. The molecule has 0 amide bonds. The van der Waals surface area contributed by atoms with E-state index in [0.29, 0.717) is 34.1 Å². The van der Waals surface area contributed by atoms with Crippen molar-refractivity contribution in [3.8, 4) is 0 Å². The average molecular weight is 467 g/mol. The van der Waals surface area contributed by atoms with Crippen LogP contribution in [0.2, 0.25) is 0 Å². The smallest absolute Gasteiger partial charge is 0.263 e. The third kappa shape index (κ3) is 3.83. The molecule has 0 bridgehead atoms. The van der Waals surface area contributed by atoms with E-state index < -0.39 is 6.17 Å². The summed E-state index contributed by atoms with van der Waals surface area (Å²) in [4.78, 5) is 24.7. The molecule has 10 heteroatoms. The zero-order valence-corrected chi connectivity index (χ0v) is 19.9. The molecule has 34 heavy (non-hydrogen) atoms. The van der Waals surface area contributed by atoms with E-state index in [1.807, 2.05) is 10.9 Å². The number of nitrogens with zero attached hydrogens (tertiary/aromatic N) is 6. The SMILES string of the molecule is C[C@H](F)Cn1ccc2nc(Nc3cnn(C4CC5(C4)CN(C)C5)c3)nc(NC3(C)CC3)c2c1=O. The summed E-state index contributed by atoms with van der Waals surface area (Å²) < 4.78 is 17.0. The van der Waals surface area contributed by atoms with Gasteiger partial charge in [0.25, 0.3) is 5.56 Å². The molecule has 9 nitrogen and oxygen atoms in total. The quantitative estimate of drug-likeness (QED) is 0.552. The summed E-state index contributed by atoms with van der Waals surface area (Å²) in [7, 11) is 2.17. The summed E-state index contributed by atoms with van der Waals surface area (Å²) in [5.74, 6) is 0.890. The molecule has 1 atom stereocenters. The molecule has 0 radical (unpaired) electrons. The van der Waals surface area contributed by atoms with Gasteiger partial charge in [0.05, 0.1) is 30.0 Å². The van der Waals surface area contributed by atoms with Crippen LogP contribution in [0.5, 0.6) is 0 Å². The van der Waals surface area contributed by atoms with Crippen LogP contribution < -0.4 is 16.2 Å². The Morgan fingerprint density at radius 2 is 2.03 bits per heavy atom. The number of pyridine rings is 1. The average Bonchev–Trinajstić information content (AvgIpc) is 3.26. The van der Waals surface area contributed by atoms with Gasteiger partial charge >= 0.3 is 0 Å². The van der Waals surface area contributed by atoms with Gasteiger partial charge in [-0.25, -0.2) is 9.37 Å². The van der Waals surface area contributed by atoms with Crippen LogP contribution in [0.1, 0.15) is 45.6 Å². The lowest BCUT2D eigenvalue weighted by Gasteiger charge is -2.58. The first kappa shape index (κ1) is 21.5. The predicted octanol–water partition coefficient (Wildman–Crippen LogP) is 3.32. The van der Waals surface area contributed by atoms with Gasteiger partial charge in [0.2, 0.25) is 5.95 Å². The number of halogens is 1. The van der Waals surface area contributed by atoms with Crippen LogP contribution in [0.4, 0.5) is 21.8 Å². The fraction of sp³-hybridized carbons (Fsp3) is 0.583. The number of rotatable bonds is 7. The van der Waals surface area contributed by atoms with Crippen molar-refractivity contribution in [2.45, 2.75) is 63.8 Å². The second-order valence-electron chi connectivity index (χ2n) is 11.0. The second-order valence-corrected chi connectivity index (χ2v) is 11.0. The molecule has 180 valence electrons. The minimum Gasteiger partial charge on any atom is -0.364 e. The van der Waals surface area contributed by atoms with Crippen LogP contribution in [0, 0.1) is 5.41 Å². The van der Waals surface area contributed by atoms with Crippen molar-refractivity contribution in [3.63, 3.8) is 0 Å². The monoisotopic (exact) mass is 466 g/mol. The summed E-state index contributed by atoms with van der Waals surface area (Å²) in [5.41, 5.74) is 1.47. The van der Waals surface area contributed by atoms with Crippen molar-refractivity contribution >= 4 is 28.4 Å². The van der Waals surface area contributed by atoms with Crippen LogP contribution in [0.25, 0.3) is 10.9 Å². The first-order valence-electron chi connectivity index (χ1n) is 12.0. The maximum absolute atomic E-state index is 13.6. The largest absolute Gasteiger partial charge is 0.364 e. The fourth-order valence-electron chi connectivity index (χ4n) is 5.56. The first-order chi connectivity index (χ1) is 16.2. The van der Waals surface area contributed by atoms with E-state index in [-0.39, 0.29) is 17.6 Å². The van der Waals surface area contributed by atoms with Crippen LogP contribution in [0.15, 0.2) is 29.5 Å². The lowest BCUT2D eigenvalue weighted by molar-refractivity contribution is -0.0786. The van der Waals surface area contributed by atoms with E-state index in [1.54, 1.807) is 18.5 Å². The lowest BCUT2D eigenvalue weighted by atomic mass is 9.61. The molecule has 3 aliphatic rings. The highest BCUT2D eigenvalue weighted by Gasteiger charge is 2.51. The number of fused-ring (bicyclic) bond motifs is 1. The third-order valence-electron chi connectivity index (χ3n) is 7.47. The molecule has 2 N–H and O–H groups in total. The van der Waals surface area contributed by atoms with Crippen LogP contribution in [-0.2, 0) is 6.54 Å². The molecule has 0 aromatic carbocycles. The minimum atomic E-state index is -1.12. The Balaban J connectivity index is 1.27. The van der Waals surface area contributed by atoms with E-state index in [0.717, 1.165) is 18.5 Å².